The van der Waals surface area contributed by atoms with E-state index in [1.807, 2.05) is 0 Å². The summed E-state index contributed by atoms with van der Waals surface area (Å²) in [5.41, 5.74) is 0. The van der Waals surface area contributed by atoms with Gasteiger partial charge in [-0.25, -0.2) is 12.8 Å². The number of hydrogen-bond donors (Lipinski definition) is 0. The molecule has 1 fully saturated rings. The Morgan fingerprint density at radius 3 is 2.69 bits per heavy atom. The first-order valence-corrected chi connectivity index (χ1v) is 9.24. The van der Waals surface area contributed by atoms with Crippen LogP contribution in [0.5, 0.6) is 17.5 Å². The average molecular weight is 383 g/mol. The van der Waals surface area contributed by atoms with E-state index >= 15 is 0 Å². The van der Waals surface area contributed by atoms with E-state index in [-0.39, 0.29) is 29.6 Å². The predicted octanol–water partition coefficient (Wildman–Crippen LogP) is 1.47. The van der Waals surface area contributed by atoms with E-state index in [1.54, 1.807) is 0 Å². The molecule has 1 aromatic carbocycles. The van der Waals surface area contributed by atoms with E-state index in [0.717, 1.165) is 12.1 Å². The van der Waals surface area contributed by atoms with Gasteiger partial charge < -0.3 is 14.2 Å². The molecular weight excluding hydrogens is 365 g/mol. The molecule has 10 heteroatoms. The Morgan fingerprint density at radius 1 is 1.19 bits per heavy atom. The molecular formula is C16H18FN3O5S. The van der Waals surface area contributed by atoms with Gasteiger partial charge in [0.15, 0.2) is 0 Å². The van der Waals surface area contributed by atoms with E-state index in [1.165, 1.54) is 37.0 Å². The standard InChI is InChI=1S/C16H18FN3O5S/c1-23-13-4-3-11(17)7-14(13)26(21,22)20-6-5-12(10-20)25-16-9-18-8-15(19-16)24-2/h3-4,7-9,12H,5-6,10H2,1-2H3/t12-/m1/s1. The fraction of sp³-hybridized carbons (Fsp3) is 0.375. The van der Waals surface area contributed by atoms with Crippen molar-refractivity contribution in [2.45, 2.75) is 17.4 Å². The van der Waals surface area contributed by atoms with Crippen LogP contribution < -0.4 is 14.2 Å². The number of methoxy groups -OCH3 is 2. The van der Waals surface area contributed by atoms with Crippen LogP contribution in [0.25, 0.3) is 0 Å². The number of halogens is 1. The first-order valence-electron chi connectivity index (χ1n) is 7.80. The van der Waals surface area contributed by atoms with Gasteiger partial charge in [-0.05, 0) is 24.6 Å². The molecule has 0 N–H and O–H groups in total. The van der Waals surface area contributed by atoms with Crippen LogP contribution in [-0.2, 0) is 10.0 Å². The molecule has 0 saturated carbocycles. The molecule has 26 heavy (non-hydrogen) atoms. The maximum absolute atomic E-state index is 13.5. The Kier molecular flexibility index (Phi) is 5.23. The van der Waals surface area contributed by atoms with Gasteiger partial charge in [-0.15, -0.1) is 0 Å². The van der Waals surface area contributed by atoms with Crippen LogP contribution in [0, 0.1) is 5.82 Å². The molecule has 3 rings (SSSR count). The molecule has 2 heterocycles. The van der Waals surface area contributed by atoms with Crippen molar-refractivity contribution in [3.8, 4) is 17.5 Å². The fourth-order valence-electron chi connectivity index (χ4n) is 2.66. The Labute approximate surface area is 150 Å². The molecule has 0 aliphatic carbocycles. The van der Waals surface area contributed by atoms with Crippen LogP contribution in [0.2, 0.25) is 0 Å². The van der Waals surface area contributed by atoms with Gasteiger partial charge in [0.25, 0.3) is 0 Å². The Bertz CT molecular complexity index is 893. The maximum atomic E-state index is 13.5. The van der Waals surface area contributed by atoms with Crippen molar-refractivity contribution in [3.63, 3.8) is 0 Å². The number of benzene rings is 1. The molecule has 2 aromatic rings. The quantitative estimate of drug-likeness (QED) is 0.746. The topological polar surface area (TPSA) is 90.9 Å². The van der Waals surface area contributed by atoms with E-state index in [9.17, 15) is 12.8 Å². The van der Waals surface area contributed by atoms with Crippen molar-refractivity contribution in [1.29, 1.82) is 0 Å². The summed E-state index contributed by atoms with van der Waals surface area (Å²) in [6.07, 6.45) is 2.94. The van der Waals surface area contributed by atoms with Crippen molar-refractivity contribution in [2.75, 3.05) is 27.3 Å². The average Bonchev–Trinajstić information content (AvgIpc) is 3.11. The molecule has 1 aliphatic heterocycles. The van der Waals surface area contributed by atoms with Crippen LogP contribution in [-0.4, -0.2) is 56.1 Å². The summed E-state index contributed by atoms with van der Waals surface area (Å²) in [7, 11) is -1.12. The molecule has 1 atom stereocenters. The molecule has 1 saturated heterocycles. The van der Waals surface area contributed by atoms with Crippen molar-refractivity contribution in [1.82, 2.24) is 14.3 Å². The number of aromatic nitrogens is 2. The normalized spacial score (nSPS) is 17.9. The predicted molar refractivity (Wildman–Crippen MR) is 89.3 cm³/mol. The largest absolute Gasteiger partial charge is 0.495 e. The fourth-order valence-corrected chi connectivity index (χ4v) is 4.31. The van der Waals surface area contributed by atoms with E-state index in [4.69, 9.17) is 14.2 Å². The molecule has 0 radical (unpaired) electrons. The highest BCUT2D eigenvalue weighted by molar-refractivity contribution is 7.89. The van der Waals surface area contributed by atoms with Crippen LogP contribution >= 0.6 is 0 Å². The third-order valence-corrected chi connectivity index (χ3v) is 5.82. The van der Waals surface area contributed by atoms with Gasteiger partial charge in [0.1, 0.15) is 22.6 Å². The lowest BCUT2D eigenvalue weighted by atomic mass is 10.3. The van der Waals surface area contributed by atoms with Crippen LogP contribution in [0.3, 0.4) is 0 Å². The van der Waals surface area contributed by atoms with Gasteiger partial charge in [0.2, 0.25) is 21.8 Å². The summed E-state index contributed by atoms with van der Waals surface area (Å²) in [5, 5.41) is 0. The van der Waals surface area contributed by atoms with E-state index in [0.29, 0.717) is 12.3 Å². The number of nitrogens with zero attached hydrogens (tertiary/aromatic N) is 3. The number of rotatable bonds is 6. The molecule has 1 aromatic heterocycles. The second kappa shape index (κ2) is 7.42. The highest BCUT2D eigenvalue weighted by Gasteiger charge is 2.35. The Balaban J connectivity index is 1.76. The zero-order valence-electron chi connectivity index (χ0n) is 14.3. The SMILES string of the molecule is COc1cncc(O[C@@H]2CCN(S(=O)(=O)c3cc(F)ccc3OC)C2)n1. The van der Waals surface area contributed by atoms with Crippen molar-refractivity contribution < 1.29 is 27.0 Å². The lowest BCUT2D eigenvalue weighted by Gasteiger charge is -2.18. The number of hydrogen-bond acceptors (Lipinski definition) is 7. The van der Waals surface area contributed by atoms with Crippen LogP contribution in [0.15, 0.2) is 35.5 Å². The molecule has 0 spiro atoms. The smallest absolute Gasteiger partial charge is 0.246 e. The summed E-state index contributed by atoms with van der Waals surface area (Å²) in [6, 6.07) is 3.39. The molecule has 0 bridgehead atoms. The molecule has 140 valence electrons. The van der Waals surface area contributed by atoms with Crippen LogP contribution in [0.1, 0.15) is 6.42 Å². The summed E-state index contributed by atoms with van der Waals surface area (Å²) in [6.45, 7) is 0.352. The monoisotopic (exact) mass is 383 g/mol. The molecule has 0 amide bonds. The Hall–Kier alpha value is -2.46. The summed E-state index contributed by atoms with van der Waals surface area (Å²) >= 11 is 0. The second-order valence-corrected chi connectivity index (χ2v) is 7.49. The van der Waals surface area contributed by atoms with E-state index < -0.39 is 21.9 Å². The third-order valence-electron chi connectivity index (χ3n) is 3.94. The summed E-state index contributed by atoms with van der Waals surface area (Å²) < 4.78 is 56.2. The van der Waals surface area contributed by atoms with Gasteiger partial charge in [-0.1, -0.05) is 0 Å². The van der Waals surface area contributed by atoms with Crippen molar-refractivity contribution in [3.05, 3.63) is 36.4 Å². The first-order chi connectivity index (χ1) is 12.4. The van der Waals surface area contributed by atoms with Gasteiger partial charge in [0, 0.05) is 6.54 Å². The first kappa shape index (κ1) is 18.3. The maximum Gasteiger partial charge on any atom is 0.246 e. The third kappa shape index (κ3) is 3.70. The van der Waals surface area contributed by atoms with E-state index in [2.05, 4.69) is 9.97 Å². The molecule has 0 unspecified atom stereocenters. The second-order valence-electron chi connectivity index (χ2n) is 5.59. The van der Waals surface area contributed by atoms with Crippen LogP contribution in [0.4, 0.5) is 4.39 Å². The molecule has 1 aliphatic rings. The lowest BCUT2D eigenvalue weighted by molar-refractivity contribution is 0.203. The minimum atomic E-state index is -3.91. The van der Waals surface area contributed by atoms with Crippen molar-refractivity contribution in [2.24, 2.45) is 0 Å². The van der Waals surface area contributed by atoms with Gasteiger partial charge in [0.05, 0.1) is 33.2 Å². The number of sulfonamides is 1. The summed E-state index contributed by atoms with van der Waals surface area (Å²) in [5.74, 6) is -0.0103. The Morgan fingerprint density at radius 2 is 1.96 bits per heavy atom. The summed E-state index contributed by atoms with van der Waals surface area (Å²) in [4.78, 5) is 7.83. The zero-order chi connectivity index (χ0) is 18.7. The van der Waals surface area contributed by atoms with Gasteiger partial charge in [-0.3, -0.25) is 4.98 Å². The number of ether oxygens (including phenoxy) is 3. The highest BCUT2D eigenvalue weighted by atomic mass is 32.2. The minimum absolute atomic E-state index is 0.0921. The molecule has 8 nitrogen and oxygen atoms in total. The van der Waals surface area contributed by atoms with Gasteiger partial charge >= 0.3 is 0 Å². The lowest BCUT2D eigenvalue weighted by Crippen LogP contribution is -2.31. The highest BCUT2D eigenvalue weighted by Crippen LogP contribution is 2.30. The van der Waals surface area contributed by atoms with Crippen molar-refractivity contribution >= 4 is 10.0 Å². The van der Waals surface area contributed by atoms with Gasteiger partial charge in [-0.2, -0.15) is 9.29 Å². The zero-order valence-corrected chi connectivity index (χ0v) is 15.1. The minimum Gasteiger partial charge on any atom is -0.495 e.